The lowest BCUT2D eigenvalue weighted by Crippen LogP contribution is -2.41. The first-order chi connectivity index (χ1) is 14.6. The number of piperidine rings is 1. The van der Waals surface area contributed by atoms with E-state index in [0.717, 1.165) is 48.6 Å². The summed E-state index contributed by atoms with van der Waals surface area (Å²) in [7, 11) is 1.93. The highest BCUT2D eigenvalue weighted by Crippen LogP contribution is 2.27. The zero-order valence-electron chi connectivity index (χ0n) is 17.1. The Bertz CT molecular complexity index is 1010. The van der Waals surface area contributed by atoms with Crippen LogP contribution >= 0.6 is 23.4 Å². The fourth-order valence-corrected chi connectivity index (χ4v) is 5.10. The lowest BCUT2D eigenvalue weighted by molar-refractivity contribution is -0.134. The molecule has 1 amide bonds. The number of benzene rings is 2. The number of thioether (sulfide) groups is 1. The van der Waals surface area contributed by atoms with Crippen LogP contribution in [-0.4, -0.2) is 48.2 Å². The summed E-state index contributed by atoms with van der Waals surface area (Å²) in [4.78, 5) is 22.4. The van der Waals surface area contributed by atoms with Crippen molar-refractivity contribution < 1.29 is 4.79 Å². The number of hydrogen-bond acceptors (Lipinski definition) is 4. The van der Waals surface area contributed by atoms with Crippen molar-refractivity contribution in [3.63, 3.8) is 0 Å². The summed E-state index contributed by atoms with van der Waals surface area (Å²) in [6.45, 7) is 2.60. The number of anilines is 1. The lowest BCUT2D eigenvalue weighted by Gasteiger charge is -2.34. The molecular formula is C24H26ClN3OS. The van der Waals surface area contributed by atoms with E-state index in [9.17, 15) is 4.79 Å². The van der Waals surface area contributed by atoms with E-state index in [1.54, 1.807) is 11.8 Å². The molecule has 2 heterocycles. The molecule has 30 heavy (non-hydrogen) atoms. The Balaban J connectivity index is 1.25. The molecule has 156 valence electrons. The van der Waals surface area contributed by atoms with Crippen molar-refractivity contribution in [3.05, 3.63) is 65.9 Å². The minimum Gasteiger partial charge on any atom is -0.371 e. The maximum atomic E-state index is 12.9. The van der Waals surface area contributed by atoms with Gasteiger partial charge in [0.05, 0.1) is 0 Å². The SMILES string of the molecule is CN(CCSc1ccc2cc(Cl)ccc2c1)C(=O)C1CCN(c2ccncc2)CC1. The van der Waals surface area contributed by atoms with Gasteiger partial charge in [0.2, 0.25) is 5.91 Å². The van der Waals surface area contributed by atoms with Gasteiger partial charge in [0.15, 0.2) is 0 Å². The Labute approximate surface area is 187 Å². The van der Waals surface area contributed by atoms with Crippen molar-refractivity contribution in [3.8, 4) is 0 Å². The van der Waals surface area contributed by atoms with E-state index in [0.29, 0.717) is 0 Å². The number of nitrogens with zero attached hydrogens (tertiary/aromatic N) is 3. The summed E-state index contributed by atoms with van der Waals surface area (Å²) in [6, 6.07) is 16.4. The minimum absolute atomic E-state index is 0.128. The van der Waals surface area contributed by atoms with Crippen LogP contribution in [0.2, 0.25) is 5.02 Å². The van der Waals surface area contributed by atoms with Crippen molar-refractivity contribution in [2.75, 3.05) is 37.3 Å². The summed E-state index contributed by atoms with van der Waals surface area (Å²) >= 11 is 7.85. The Morgan fingerprint density at radius 3 is 2.57 bits per heavy atom. The van der Waals surface area contributed by atoms with Crippen LogP contribution in [0.3, 0.4) is 0 Å². The van der Waals surface area contributed by atoms with Gasteiger partial charge >= 0.3 is 0 Å². The first-order valence-electron chi connectivity index (χ1n) is 10.3. The van der Waals surface area contributed by atoms with Crippen molar-refractivity contribution in [2.24, 2.45) is 5.92 Å². The van der Waals surface area contributed by atoms with E-state index in [4.69, 9.17) is 11.6 Å². The van der Waals surface area contributed by atoms with Crippen LogP contribution in [0, 0.1) is 5.92 Å². The number of fused-ring (bicyclic) bond motifs is 1. The van der Waals surface area contributed by atoms with Crippen LogP contribution in [-0.2, 0) is 4.79 Å². The fraction of sp³-hybridized carbons (Fsp3) is 0.333. The monoisotopic (exact) mass is 439 g/mol. The van der Waals surface area contributed by atoms with Crippen LogP contribution in [0.5, 0.6) is 0 Å². The molecule has 0 unspecified atom stereocenters. The Kier molecular flexibility index (Phi) is 6.80. The average Bonchev–Trinajstić information content (AvgIpc) is 2.79. The topological polar surface area (TPSA) is 36.4 Å². The molecule has 3 aromatic rings. The maximum absolute atomic E-state index is 12.9. The van der Waals surface area contributed by atoms with Crippen molar-refractivity contribution >= 4 is 45.7 Å². The van der Waals surface area contributed by atoms with Crippen LogP contribution in [0.15, 0.2) is 65.8 Å². The van der Waals surface area contributed by atoms with Crippen molar-refractivity contribution in [1.29, 1.82) is 0 Å². The smallest absolute Gasteiger partial charge is 0.225 e. The summed E-state index contributed by atoms with van der Waals surface area (Å²) in [5.74, 6) is 1.29. The normalized spacial score (nSPS) is 14.8. The zero-order chi connectivity index (χ0) is 20.9. The fourth-order valence-electron chi connectivity index (χ4n) is 3.95. The van der Waals surface area contributed by atoms with Crippen LogP contribution < -0.4 is 4.90 Å². The number of amides is 1. The largest absolute Gasteiger partial charge is 0.371 e. The van der Waals surface area contributed by atoms with E-state index in [1.807, 2.05) is 48.6 Å². The molecule has 1 aromatic heterocycles. The lowest BCUT2D eigenvalue weighted by atomic mass is 9.95. The summed E-state index contributed by atoms with van der Waals surface area (Å²) in [5.41, 5.74) is 1.19. The molecule has 0 N–H and O–H groups in total. The van der Waals surface area contributed by atoms with Crippen molar-refractivity contribution in [1.82, 2.24) is 9.88 Å². The van der Waals surface area contributed by atoms with Gasteiger partial charge in [0, 0.05) is 66.4 Å². The number of rotatable bonds is 6. The number of pyridine rings is 1. The average molecular weight is 440 g/mol. The van der Waals surface area contributed by atoms with Gasteiger partial charge in [-0.2, -0.15) is 0 Å². The molecule has 0 atom stereocenters. The van der Waals surface area contributed by atoms with E-state index in [-0.39, 0.29) is 11.8 Å². The first-order valence-corrected chi connectivity index (χ1v) is 11.7. The Morgan fingerprint density at radius 1 is 1.10 bits per heavy atom. The number of halogens is 1. The van der Waals surface area contributed by atoms with Gasteiger partial charge in [-0.15, -0.1) is 11.8 Å². The predicted molar refractivity (Wildman–Crippen MR) is 126 cm³/mol. The molecule has 4 nitrogen and oxygen atoms in total. The Morgan fingerprint density at radius 2 is 1.80 bits per heavy atom. The number of carbonyl (C=O) groups is 1. The second-order valence-electron chi connectivity index (χ2n) is 7.73. The van der Waals surface area contributed by atoms with Gasteiger partial charge < -0.3 is 9.80 Å². The third-order valence-electron chi connectivity index (χ3n) is 5.72. The molecule has 0 bridgehead atoms. The van der Waals surface area contributed by atoms with E-state index in [1.165, 1.54) is 16.0 Å². The molecule has 0 aliphatic carbocycles. The van der Waals surface area contributed by atoms with Gasteiger partial charge in [-0.05, 0) is 60.0 Å². The first kappa shape index (κ1) is 21.0. The number of hydrogen-bond donors (Lipinski definition) is 0. The maximum Gasteiger partial charge on any atom is 0.225 e. The highest BCUT2D eigenvalue weighted by molar-refractivity contribution is 7.99. The third kappa shape index (κ3) is 5.08. The van der Waals surface area contributed by atoms with Gasteiger partial charge in [-0.1, -0.05) is 23.7 Å². The predicted octanol–water partition coefficient (Wildman–Crippen LogP) is 5.36. The standard InChI is InChI=1S/C24H26ClN3OS/c1-27(14-15-30-23-5-3-19-16-21(25)4-2-20(19)17-23)24(29)18-8-12-28(13-9-18)22-6-10-26-11-7-22/h2-7,10-11,16-18H,8-9,12-15H2,1H3. The summed E-state index contributed by atoms with van der Waals surface area (Å²) in [5, 5.41) is 3.10. The number of carbonyl (C=O) groups excluding carboxylic acids is 1. The molecule has 6 heteroatoms. The third-order valence-corrected chi connectivity index (χ3v) is 6.93. The molecule has 1 saturated heterocycles. The van der Waals surface area contributed by atoms with Gasteiger partial charge in [-0.3, -0.25) is 9.78 Å². The quantitative estimate of drug-likeness (QED) is 0.485. The highest BCUT2D eigenvalue weighted by atomic mass is 35.5. The van der Waals surface area contributed by atoms with E-state index >= 15 is 0 Å². The Hall–Kier alpha value is -2.24. The molecule has 4 rings (SSSR count). The summed E-state index contributed by atoms with van der Waals surface area (Å²) in [6.07, 6.45) is 5.46. The summed E-state index contributed by atoms with van der Waals surface area (Å²) < 4.78 is 0. The van der Waals surface area contributed by atoms with Gasteiger partial charge in [-0.25, -0.2) is 0 Å². The molecule has 0 spiro atoms. The van der Waals surface area contributed by atoms with E-state index < -0.39 is 0 Å². The highest BCUT2D eigenvalue weighted by Gasteiger charge is 2.27. The van der Waals surface area contributed by atoms with Crippen LogP contribution in [0.4, 0.5) is 5.69 Å². The molecule has 1 aliphatic rings. The van der Waals surface area contributed by atoms with E-state index in [2.05, 4.69) is 34.1 Å². The molecular weight excluding hydrogens is 414 g/mol. The molecule has 1 aliphatic heterocycles. The van der Waals surface area contributed by atoms with Crippen molar-refractivity contribution in [2.45, 2.75) is 17.7 Å². The molecule has 0 saturated carbocycles. The van der Waals surface area contributed by atoms with Crippen LogP contribution in [0.25, 0.3) is 10.8 Å². The van der Waals surface area contributed by atoms with Crippen LogP contribution in [0.1, 0.15) is 12.8 Å². The molecule has 0 radical (unpaired) electrons. The van der Waals surface area contributed by atoms with Gasteiger partial charge in [0.1, 0.15) is 0 Å². The zero-order valence-corrected chi connectivity index (χ0v) is 18.7. The molecule has 1 fully saturated rings. The molecule has 2 aromatic carbocycles. The minimum atomic E-state index is 0.128. The second-order valence-corrected chi connectivity index (χ2v) is 9.33. The van der Waals surface area contributed by atoms with Gasteiger partial charge in [0.25, 0.3) is 0 Å². The second kappa shape index (κ2) is 9.71. The number of aromatic nitrogens is 1.